The summed E-state index contributed by atoms with van der Waals surface area (Å²) in [6.45, 7) is 10.3. The average Bonchev–Trinajstić information content (AvgIpc) is 2.89. The van der Waals surface area contributed by atoms with Gasteiger partial charge in [0.15, 0.2) is 0 Å². The highest BCUT2D eigenvalue weighted by Gasteiger charge is 2.22. The van der Waals surface area contributed by atoms with Gasteiger partial charge in [0.05, 0.1) is 17.6 Å². The Morgan fingerprint density at radius 1 is 1.12 bits per heavy atom. The van der Waals surface area contributed by atoms with Crippen LogP contribution in [0.5, 0.6) is 0 Å². The third-order valence-corrected chi connectivity index (χ3v) is 5.05. The van der Waals surface area contributed by atoms with Crippen molar-refractivity contribution in [2.75, 3.05) is 19.6 Å². The van der Waals surface area contributed by atoms with Gasteiger partial charge >= 0.3 is 0 Å². The molecule has 1 aliphatic heterocycles. The number of hydrogen-bond donors (Lipinski definition) is 0. The van der Waals surface area contributed by atoms with Crippen LogP contribution >= 0.6 is 0 Å². The van der Waals surface area contributed by atoms with Gasteiger partial charge in [-0.3, -0.25) is 9.97 Å². The van der Waals surface area contributed by atoms with E-state index in [-0.39, 0.29) is 0 Å². The van der Waals surface area contributed by atoms with E-state index < -0.39 is 0 Å². The number of aromatic nitrogens is 4. The van der Waals surface area contributed by atoms with E-state index in [0.29, 0.717) is 5.92 Å². The van der Waals surface area contributed by atoms with E-state index in [0.717, 1.165) is 35.2 Å². The number of nitrogens with zero attached hydrogens (tertiary/aromatic N) is 5. The molecule has 5 heteroatoms. The van der Waals surface area contributed by atoms with Crippen LogP contribution < -0.4 is 0 Å². The SMILES string of the molecule is Cc1ncc(-c2nccnc2CC2CCN(CC(C)C)CC2)n1C. The molecule has 0 unspecified atom stereocenters. The lowest BCUT2D eigenvalue weighted by Crippen LogP contribution is -2.36. The lowest BCUT2D eigenvalue weighted by Gasteiger charge is -2.33. The van der Waals surface area contributed by atoms with Crippen molar-refractivity contribution >= 4 is 0 Å². The van der Waals surface area contributed by atoms with Crippen LogP contribution in [-0.2, 0) is 13.5 Å². The molecule has 3 heterocycles. The maximum Gasteiger partial charge on any atom is 0.110 e. The minimum Gasteiger partial charge on any atom is -0.330 e. The van der Waals surface area contributed by atoms with Gasteiger partial charge in [0, 0.05) is 26.0 Å². The maximum absolute atomic E-state index is 4.65. The van der Waals surface area contributed by atoms with E-state index in [9.17, 15) is 0 Å². The van der Waals surface area contributed by atoms with Gasteiger partial charge < -0.3 is 9.47 Å². The first kappa shape index (κ1) is 17.1. The number of likely N-dealkylation sites (tertiary alicyclic amines) is 1. The first-order valence-corrected chi connectivity index (χ1v) is 9.05. The molecule has 2 aromatic heterocycles. The fraction of sp³-hybridized carbons (Fsp3) is 0.632. The van der Waals surface area contributed by atoms with Crippen LogP contribution in [0.4, 0.5) is 0 Å². The Bertz CT molecular complexity index is 668. The molecule has 0 aliphatic carbocycles. The predicted molar refractivity (Wildman–Crippen MR) is 96.7 cm³/mol. The number of imidazole rings is 1. The Balaban J connectivity index is 1.70. The van der Waals surface area contributed by atoms with Crippen LogP contribution in [0.3, 0.4) is 0 Å². The predicted octanol–water partition coefficient (Wildman–Crippen LogP) is 3.10. The van der Waals surface area contributed by atoms with Gasteiger partial charge in [-0.15, -0.1) is 0 Å². The fourth-order valence-electron chi connectivity index (χ4n) is 3.62. The van der Waals surface area contributed by atoms with Crippen molar-refractivity contribution in [3.05, 3.63) is 30.1 Å². The third kappa shape index (κ3) is 3.83. The maximum atomic E-state index is 4.65. The second kappa shape index (κ2) is 7.43. The second-order valence-electron chi connectivity index (χ2n) is 7.44. The summed E-state index contributed by atoms with van der Waals surface area (Å²) in [5.41, 5.74) is 3.17. The van der Waals surface area contributed by atoms with Crippen LogP contribution in [0.2, 0.25) is 0 Å². The van der Waals surface area contributed by atoms with Gasteiger partial charge in [-0.05, 0) is 51.1 Å². The van der Waals surface area contributed by atoms with Crippen molar-refractivity contribution in [2.24, 2.45) is 18.9 Å². The zero-order chi connectivity index (χ0) is 17.1. The molecule has 0 atom stereocenters. The van der Waals surface area contributed by atoms with Crippen molar-refractivity contribution in [2.45, 2.75) is 40.0 Å². The first-order chi connectivity index (χ1) is 11.5. The van der Waals surface area contributed by atoms with Gasteiger partial charge in [0.2, 0.25) is 0 Å². The Labute approximate surface area is 145 Å². The van der Waals surface area contributed by atoms with Crippen LogP contribution in [0.1, 0.15) is 38.2 Å². The van der Waals surface area contributed by atoms with Crippen molar-refractivity contribution in [1.82, 2.24) is 24.4 Å². The first-order valence-electron chi connectivity index (χ1n) is 9.05. The molecule has 1 aliphatic rings. The van der Waals surface area contributed by atoms with E-state index in [2.05, 4.69) is 38.3 Å². The molecule has 2 aromatic rings. The molecular weight excluding hydrogens is 298 g/mol. The lowest BCUT2D eigenvalue weighted by atomic mass is 9.91. The zero-order valence-corrected chi connectivity index (χ0v) is 15.4. The summed E-state index contributed by atoms with van der Waals surface area (Å²) in [6, 6.07) is 0. The van der Waals surface area contributed by atoms with Gasteiger partial charge in [-0.25, -0.2) is 4.98 Å². The highest BCUT2D eigenvalue weighted by molar-refractivity contribution is 5.57. The van der Waals surface area contributed by atoms with E-state index in [1.165, 1.54) is 32.5 Å². The minimum atomic E-state index is 0.707. The molecule has 0 radical (unpaired) electrons. The Morgan fingerprint density at radius 3 is 2.46 bits per heavy atom. The summed E-state index contributed by atoms with van der Waals surface area (Å²) in [7, 11) is 2.04. The summed E-state index contributed by atoms with van der Waals surface area (Å²) in [6.07, 6.45) is 9.04. The van der Waals surface area contributed by atoms with Crippen molar-refractivity contribution in [3.8, 4) is 11.4 Å². The summed E-state index contributed by atoms with van der Waals surface area (Å²) >= 11 is 0. The van der Waals surface area contributed by atoms with Crippen LogP contribution in [0, 0.1) is 18.8 Å². The minimum absolute atomic E-state index is 0.707. The van der Waals surface area contributed by atoms with Crippen molar-refractivity contribution < 1.29 is 0 Å². The number of rotatable bonds is 5. The zero-order valence-electron chi connectivity index (χ0n) is 15.4. The molecule has 130 valence electrons. The summed E-state index contributed by atoms with van der Waals surface area (Å²) in [4.78, 5) is 16.3. The number of hydrogen-bond acceptors (Lipinski definition) is 4. The molecular formula is C19H29N5. The Morgan fingerprint density at radius 2 is 1.83 bits per heavy atom. The van der Waals surface area contributed by atoms with Gasteiger partial charge in [0.1, 0.15) is 11.5 Å². The van der Waals surface area contributed by atoms with Crippen LogP contribution in [-0.4, -0.2) is 44.1 Å². The van der Waals surface area contributed by atoms with E-state index in [1.807, 2.05) is 26.4 Å². The summed E-state index contributed by atoms with van der Waals surface area (Å²) < 4.78 is 2.10. The number of aryl methyl sites for hydroxylation is 1. The quantitative estimate of drug-likeness (QED) is 0.846. The Hall–Kier alpha value is -1.75. The van der Waals surface area contributed by atoms with E-state index in [1.54, 1.807) is 6.20 Å². The lowest BCUT2D eigenvalue weighted by molar-refractivity contribution is 0.167. The molecule has 0 N–H and O–H groups in total. The van der Waals surface area contributed by atoms with E-state index in [4.69, 9.17) is 0 Å². The molecule has 0 aromatic carbocycles. The van der Waals surface area contributed by atoms with Crippen LogP contribution in [0.15, 0.2) is 18.6 Å². The highest BCUT2D eigenvalue weighted by Crippen LogP contribution is 2.26. The molecule has 0 saturated carbocycles. The van der Waals surface area contributed by atoms with Gasteiger partial charge in [-0.1, -0.05) is 13.8 Å². The second-order valence-corrected chi connectivity index (χ2v) is 7.44. The monoisotopic (exact) mass is 327 g/mol. The molecule has 1 saturated heterocycles. The van der Waals surface area contributed by atoms with E-state index >= 15 is 0 Å². The fourth-order valence-corrected chi connectivity index (χ4v) is 3.62. The largest absolute Gasteiger partial charge is 0.330 e. The molecule has 1 fully saturated rings. The van der Waals surface area contributed by atoms with Crippen molar-refractivity contribution in [3.63, 3.8) is 0 Å². The topological polar surface area (TPSA) is 46.8 Å². The summed E-state index contributed by atoms with van der Waals surface area (Å²) in [5.74, 6) is 2.46. The molecule has 3 rings (SSSR count). The summed E-state index contributed by atoms with van der Waals surface area (Å²) in [5, 5.41) is 0. The molecule has 24 heavy (non-hydrogen) atoms. The molecule has 0 amide bonds. The molecule has 5 nitrogen and oxygen atoms in total. The third-order valence-electron chi connectivity index (χ3n) is 5.05. The smallest absolute Gasteiger partial charge is 0.110 e. The Kier molecular flexibility index (Phi) is 5.29. The van der Waals surface area contributed by atoms with Gasteiger partial charge in [0.25, 0.3) is 0 Å². The average molecular weight is 327 g/mol. The normalized spacial score (nSPS) is 16.9. The molecule has 0 spiro atoms. The number of piperidine rings is 1. The van der Waals surface area contributed by atoms with Gasteiger partial charge in [-0.2, -0.15) is 0 Å². The standard InChI is InChI=1S/C19H29N5/c1-14(2)13-24-9-5-16(6-10-24)11-17-19(21-8-7-20-17)18-12-22-15(3)23(18)4/h7-8,12,14,16H,5-6,9-11,13H2,1-4H3. The van der Waals surface area contributed by atoms with Crippen molar-refractivity contribution in [1.29, 1.82) is 0 Å². The molecule has 0 bridgehead atoms. The van der Waals surface area contributed by atoms with Crippen LogP contribution in [0.25, 0.3) is 11.4 Å². The highest BCUT2D eigenvalue weighted by atomic mass is 15.1.